The molecule has 0 aliphatic heterocycles. The molecule has 3 aromatic rings. The van der Waals surface area contributed by atoms with Crippen molar-refractivity contribution in [2.24, 2.45) is 0 Å². The largest absolute Gasteiger partial charge is 0.499 e. The molecular formula is C8H3BrOS3. The first-order valence-electron chi connectivity index (χ1n) is 3.54. The molecule has 0 amide bonds. The van der Waals surface area contributed by atoms with Gasteiger partial charge in [0, 0.05) is 10.8 Å². The fourth-order valence-corrected chi connectivity index (χ4v) is 5.64. The molecule has 3 rings (SSSR count). The molecule has 0 saturated carbocycles. The Morgan fingerprint density at radius 1 is 1.00 bits per heavy atom. The average molecular weight is 291 g/mol. The maximum Gasteiger partial charge on any atom is 0.173 e. The standard InChI is InChI=1S/C8H3BrOS3/c9-5-1-3-7(12-5)8-4(11-3)2-6(10)13-8/h1-2,10H. The van der Waals surface area contributed by atoms with Gasteiger partial charge in [-0.2, -0.15) is 0 Å². The summed E-state index contributed by atoms with van der Waals surface area (Å²) in [6.07, 6.45) is 0. The number of thiophene rings is 3. The Kier molecular flexibility index (Phi) is 1.71. The summed E-state index contributed by atoms with van der Waals surface area (Å²) in [7, 11) is 0. The second-order valence-electron chi connectivity index (χ2n) is 2.62. The summed E-state index contributed by atoms with van der Waals surface area (Å²) in [6, 6.07) is 3.97. The summed E-state index contributed by atoms with van der Waals surface area (Å²) in [5, 5.41) is 9.74. The number of rotatable bonds is 0. The van der Waals surface area contributed by atoms with Crippen LogP contribution in [0.25, 0.3) is 18.8 Å². The normalized spacial score (nSPS) is 11.8. The lowest BCUT2D eigenvalue weighted by molar-refractivity contribution is 0.491. The zero-order chi connectivity index (χ0) is 9.00. The molecule has 0 unspecified atom stereocenters. The van der Waals surface area contributed by atoms with Crippen molar-refractivity contribution in [1.29, 1.82) is 0 Å². The monoisotopic (exact) mass is 290 g/mol. The number of hydrogen-bond donors (Lipinski definition) is 1. The molecule has 13 heavy (non-hydrogen) atoms. The van der Waals surface area contributed by atoms with Crippen LogP contribution in [-0.4, -0.2) is 5.11 Å². The van der Waals surface area contributed by atoms with E-state index in [-0.39, 0.29) is 0 Å². The third kappa shape index (κ3) is 1.15. The zero-order valence-electron chi connectivity index (χ0n) is 6.20. The molecule has 0 atom stereocenters. The zero-order valence-corrected chi connectivity index (χ0v) is 10.2. The molecule has 3 heterocycles. The molecule has 3 aromatic heterocycles. The molecule has 1 nitrogen and oxygen atoms in total. The van der Waals surface area contributed by atoms with Crippen molar-refractivity contribution in [3.8, 4) is 5.06 Å². The first kappa shape index (κ1) is 8.23. The second kappa shape index (κ2) is 2.70. The fraction of sp³-hybridized carbons (Fsp3) is 0. The lowest BCUT2D eigenvalue weighted by Gasteiger charge is -1.75. The highest BCUT2D eigenvalue weighted by atomic mass is 79.9. The number of hydrogen-bond acceptors (Lipinski definition) is 4. The Morgan fingerprint density at radius 3 is 2.54 bits per heavy atom. The minimum absolute atomic E-state index is 0.410. The Morgan fingerprint density at radius 2 is 1.69 bits per heavy atom. The van der Waals surface area contributed by atoms with E-state index < -0.39 is 0 Å². The van der Waals surface area contributed by atoms with Gasteiger partial charge in [0.05, 0.1) is 17.9 Å². The van der Waals surface area contributed by atoms with Gasteiger partial charge in [-0.25, -0.2) is 0 Å². The van der Waals surface area contributed by atoms with Gasteiger partial charge in [0.2, 0.25) is 0 Å². The molecule has 0 aliphatic carbocycles. The topological polar surface area (TPSA) is 20.2 Å². The van der Waals surface area contributed by atoms with Crippen LogP contribution in [0.15, 0.2) is 15.9 Å². The summed E-state index contributed by atoms with van der Waals surface area (Å²) in [4.78, 5) is 0. The van der Waals surface area contributed by atoms with Gasteiger partial charge in [0.25, 0.3) is 0 Å². The average Bonchev–Trinajstić information content (AvgIpc) is 2.60. The van der Waals surface area contributed by atoms with Crippen molar-refractivity contribution >= 4 is 68.7 Å². The minimum atomic E-state index is 0.410. The fourth-order valence-electron chi connectivity index (χ4n) is 1.29. The highest BCUT2D eigenvalue weighted by Crippen LogP contribution is 2.46. The number of fused-ring (bicyclic) bond motifs is 3. The molecule has 5 heteroatoms. The SMILES string of the molecule is Oc1cc2sc3cc(Br)sc3c2s1. The lowest BCUT2D eigenvalue weighted by Crippen LogP contribution is -1.41. The van der Waals surface area contributed by atoms with E-state index >= 15 is 0 Å². The summed E-state index contributed by atoms with van der Waals surface area (Å²) in [5.74, 6) is 0. The van der Waals surface area contributed by atoms with Gasteiger partial charge in [0.1, 0.15) is 0 Å². The maximum absolute atomic E-state index is 9.33. The third-order valence-corrected chi connectivity index (χ3v) is 5.86. The van der Waals surface area contributed by atoms with E-state index in [0.717, 1.165) is 3.79 Å². The first-order valence-corrected chi connectivity index (χ1v) is 6.78. The van der Waals surface area contributed by atoms with Crippen molar-refractivity contribution in [3.05, 3.63) is 15.9 Å². The van der Waals surface area contributed by atoms with Crippen LogP contribution in [0.1, 0.15) is 0 Å². The van der Waals surface area contributed by atoms with Gasteiger partial charge in [-0.15, -0.1) is 22.7 Å². The predicted molar refractivity (Wildman–Crippen MR) is 64.4 cm³/mol. The predicted octanol–water partition coefficient (Wildman–Crippen LogP) is 4.65. The van der Waals surface area contributed by atoms with Gasteiger partial charge in [-0.05, 0) is 22.0 Å². The molecule has 66 valence electrons. The lowest BCUT2D eigenvalue weighted by atomic mass is 10.5. The minimum Gasteiger partial charge on any atom is -0.499 e. The van der Waals surface area contributed by atoms with Crippen molar-refractivity contribution in [2.75, 3.05) is 0 Å². The highest BCUT2D eigenvalue weighted by molar-refractivity contribution is 9.11. The van der Waals surface area contributed by atoms with Crippen molar-refractivity contribution < 1.29 is 5.11 Å². The number of halogens is 1. The summed E-state index contributed by atoms with van der Waals surface area (Å²) in [6.45, 7) is 0. The Balaban J connectivity index is 2.56. The first-order chi connectivity index (χ1) is 6.24. The van der Waals surface area contributed by atoms with Crippen LogP contribution >= 0.6 is 49.9 Å². The van der Waals surface area contributed by atoms with Gasteiger partial charge < -0.3 is 5.11 Å². The molecule has 0 fully saturated rings. The van der Waals surface area contributed by atoms with Crippen LogP contribution in [0, 0.1) is 0 Å². The van der Waals surface area contributed by atoms with Gasteiger partial charge in [-0.3, -0.25) is 0 Å². The molecule has 1 N–H and O–H groups in total. The number of aromatic hydroxyl groups is 1. The summed E-state index contributed by atoms with van der Waals surface area (Å²) >= 11 is 8.38. The molecule has 0 spiro atoms. The third-order valence-electron chi connectivity index (χ3n) is 1.78. The quantitative estimate of drug-likeness (QED) is 0.639. The van der Waals surface area contributed by atoms with Gasteiger partial charge in [-0.1, -0.05) is 11.3 Å². The van der Waals surface area contributed by atoms with Gasteiger partial charge in [0.15, 0.2) is 5.06 Å². The van der Waals surface area contributed by atoms with Crippen molar-refractivity contribution in [2.45, 2.75) is 0 Å². The Hall–Kier alpha value is -0.100. The van der Waals surface area contributed by atoms with Crippen LogP contribution < -0.4 is 0 Å². The molecule has 0 bridgehead atoms. The van der Waals surface area contributed by atoms with Crippen LogP contribution in [0.4, 0.5) is 0 Å². The van der Waals surface area contributed by atoms with E-state index in [1.807, 2.05) is 6.07 Å². The van der Waals surface area contributed by atoms with Crippen LogP contribution in [0.3, 0.4) is 0 Å². The smallest absolute Gasteiger partial charge is 0.173 e. The molecule has 0 radical (unpaired) electrons. The molecule has 0 aliphatic rings. The molecule has 0 saturated heterocycles. The van der Waals surface area contributed by atoms with Crippen LogP contribution in [0.5, 0.6) is 5.06 Å². The van der Waals surface area contributed by atoms with E-state index in [4.69, 9.17) is 0 Å². The molecule has 0 aromatic carbocycles. The van der Waals surface area contributed by atoms with E-state index in [0.29, 0.717) is 5.06 Å². The maximum atomic E-state index is 9.33. The second-order valence-corrected chi connectivity index (χ2v) is 7.17. The summed E-state index contributed by atoms with van der Waals surface area (Å²) < 4.78 is 6.16. The van der Waals surface area contributed by atoms with E-state index in [1.165, 1.54) is 30.1 Å². The highest BCUT2D eigenvalue weighted by Gasteiger charge is 2.11. The summed E-state index contributed by atoms with van der Waals surface area (Å²) in [5.41, 5.74) is 0. The Bertz CT molecular complexity index is 538. The molecular weight excluding hydrogens is 288 g/mol. The van der Waals surface area contributed by atoms with E-state index in [2.05, 4.69) is 22.0 Å². The van der Waals surface area contributed by atoms with E-state index in [9.17, 15) is 5.11 Å². The van der Waals surface area contributed by atoms with Crippen molar-refractivity contribution in [1.82, 2.24) is 0 Å². The van der Waals surface area contributed by atoms with Crippen molar-refractivity contribution in [3.63, 3.8) is 0 Å². The van der Waals surface area contributed by atoms with Gasteiger partial charge >= 0.3 is 0 Å². The Labute approximate surface area is 94.4 Å². The van der Waals surface area contributed by atoms with Crippen LogP contribution in [-0.2, 0) is 0 Å². The van der Waals surface area contributed by atoms with E-state index in [1.54, 1.807) is 22.7 Å². The van der Waals surface area contributed by atoms with Crippen LogP contribution in [0.2, 0.25) is 0 Å².